The zero-order valence-corrected chi connectivity index (χ0v) is 10.3. The second-order valence-electron chi connectivity index (χ2n) is 3.43. The van der Waals surface area contributed by atoms with Crippen LogP contribution in [0.1, 0.15) is 24.4 Å². The Balaban J connectivity index is 2.68. The first-order chi connectivity index (χ1) is 7.42. The van der Waals surface area contributed by atoms with Crippen molar-refractivity contribution in [3.63, 3.8) is 0 Å². The first kappa shape index (κ1) is 13.4. The van der Waals surface area contributed by atoms with Crippen LogP contribution in [0.25, 0.3) is 0 Å². The third kappa shape index (κ3) is 4.49. The molecule has 0 radical (unpaired) electrons. The average molecular weight is 297 g/mol. The van der Waals surface area contributed by atoms with Gasteiger partial charge in [-0.25, -0.2) is 0 Å². The van der Waals surface area contributed by atoms with Crippen LogP contribution in [0.3, 0.4) is 0 Å². The molecule has 0 fully saturated rings. The molecular formula is C10H12BrF3N2. The highest BCUT2D eigenvalue weighted by molar-refractivity contribution is 9.10. The van der Waals surface area contributed by atoms with Crippen molar-refractivity contribution in [1.29, 1.82) is 0 Å². The van der Waals surface area contributed by atoms with Crippen LogP contribution in [0.5, 0.6) is 0 Å². The molecule has 1 atom stereocenters. The lowest BCUT2D eigenvalue weighted by Crippen LogP contribution is -2.19. The van der Waals surface area contributed by atoms with Gasteiger partial charge in [-0.3, -0.25) is 4.98 Å². The Hall–Kier alpha value is -0.620. The molecule has 1 aromatic heterocycles. The van der Waals surface area contributed by atoms with Crippen LogP contribution in [0.15, 0.2) is 22.9 Å². The lowest BCUT2D eigenvalue weighted by Gasteiger charge is -2.17. The third-order valence-electron chi connectivity index (χ3n) is 2.19. The molecule has 0 amide bonds. The van der Waals surface area contributed by atoms with Gasteiger partial charge in [0.15, 0.2) is 0 Å². The first-order valence-corrected chi connectivity index (χ1v) is 5.56. The third-order valence-corrected chi connectivity index (χ3v) is 2.63. The van der Waals surface area contributed by atoms with Gasteiger partial charge in [0.25, 0.3) is 0 Å². The van der Waals surface area contributed by atoms with Crippen molar-refractivity contribution in [2.24, 2.45) is 0 Å². The maximum atomic E-state index is 12.1. The van der Waals surface area contributed by atoms with E-state index in [1.54, 1.807) is 25.5 Å². The highest BCUT2D eigenvalue weighted by atomic mass is 79.9. The van der Waals surface area contributed by atoms with E-state index in [1.807, 2.05) is 0 Å². The zero-order valence-electron chi connectivity index (χ0n) is 8.68. The standard InChI is InChI=1S/C10H12BrF3N2/c1-15-9(2-3-10(12,13)14)7-4-8(11)6-16-5-7/h4-6,9,15H,2-3H2,1H3. The van der Waals surface area contributed by atoms with E-state index < -0.39 is 12.6 Å². The quantitative estimate of drug-likeness (QED) is 0.920. The van der Waals surface area contributed by atoms with Crippen molar-refractivity contribution >= 4 is 15.9 Å². The molecular weight excluding hydrogens is 285 g/mol. The molecule has 0 aromatic carbocycles. The highest BCUT2D eigenvalue weighted by Crippen LogP contribution is 2.27. The smallest absolute Gasteiger partial charge is 0.313 e. The molecule has 0 aliphatic carbocycles. The minimum Gasteiger partial charge on any atom is -0.313 e. The SMILES string of the molecule is CNC(CCC(F)(F)F)c1cncc(Br)c1. The lowest BCUT2D eigenvalue weighted by molar-refractivity contribution is -0.136. The van der Waals surface area contributed by atoms with Crippen molar-refractivity contribution in [2.75, 3.05) is 7.05 Å². The van der Waals surface area contributed by atoms with E-state index in [1.165, 1.54) is 0 Å². The van der Waals surface area contributed by atoms with Crippen molar-refractivity contribution in [3.8, 4) is 0 Å². The molecule has 1 unspecified atom stereocenters. The summed E-state index contributed by atoms with van der Waals surface area (Å²) in [5.41, 5.74) is 0.751. The maximum absolute atomic E-state index is 12.1. The number of pyridine rings is 1. The summed E-state index contributed by atoms with van der Waals surface area (Å²) in [6, 6.07) is 1.44. The molecule has 2 nitrogen and oxygen atoms in total. The Labute approximate surface area is 100 Å². The van der Waals surface area contributed by atoms with Gasteiger partial charge in [-0.05, 0) is 41.0 Å². The van der Waals surface area contributed by atoms with Crippen LogP contribution in [-0.4, -0.2) is 18.2 Å². The molecule has 1 heterocycles. The normalized spacial score (nSPS) is 13.8. The summed E-state index contributed by atoms with van der Waals surface area (Å²) in [5.74, 6) is 0. The number of rotatable bonds is 4. The molecule has 0 saturated heterocycles. The van der Waals surface area contributed by atoms with Crippen LogP contribution >= 0.6 is 15.9 Å². The fraction of sp³-hybridized carbons (Fsp3) is 0.500. The van der Waals surface area contributed by atoms with E-state index in [4.69, 9.17) is 0 Å². The summed E-state index contributed by atoms with van der Waals surface area (Å²) < 4.78 is 37.0. The second kappa shape index (κ2) is 5.63. The monoisotopic (exact) mass is 296 g/mol. The molecule has 0 spiro atoms. The Morgan fingerprint density at radius 3 is 2.62 bits per heavy atom. The van der Waals surface area contributed by atoms with Gasteiger partial charge in [0, 0.05) is 29.3 Å². The van der Waals surface area contributed by atoms with Gasteiger partial charge < -0.3 is 5.32 Å². The van der Waals surface area contributed by atoms with Crippen LogP contribution in [0, 0.1) is 0 Å². The number of alkyl halides is 3. The fourth-order valence-corrected chi connectivity index (χ4v) is 1.79. The first-order valence-electron chi connectivity index (χ1n) is 4.77. The summed E-state index contributed by atoms with van der Waals surface area (Å²) in [6.45, 7) is 0. The molecule has 0 bridgehead atoms. The number of aromatic nitrogens is 1. The Morgan fingerprint density at radius 2 is 2.12 bits per heavy atom. The van der Waals surface area contributed by atoms with Gasteiger partial charge in [0.1, 0.15) is 0 Å². The highest BCUT2D eigenvalue weighted by Gasteiger charge is 2.28. The largest absolute Gasteiger partial charge is 0.389 e. The fourth-order valence-electron chi connectivity index (χ4n) is 1.40. The van der Waals surface area contributed by atoms with Gasteiger partial charge in [-0.1, -0.05) is 0 Å². The molecule has 90 valence electrons. The van der Waals surface area contributed by atoms with Gasteiger partial charge >= 0.3 is 6.18 Å². The van der Waals surface area contributed by atoms with E-state index in [2.05, 4.69) is 26.2 Å². The van der Waals surface area contributed by atoms with Crippen molar-refractivity contribution in [3.05, 3.63) is 28.5 Å². The summed E-state index contributed by atoms with van der Waals surface area (Å²) >= 11 is 3.24. The number of nitrogens with zero attached hydrogens (tertiary/aromatic N) is 1. The minimum absolute atomic E-state index is 0.0120. The van der Waals surface area contributed by atoms with Crippen LogP contribution in [0.4, 0.5) is 13.2 Å². The number of hydrogen-bond donors (Lipinski definition) is 1. The van der Waals surface area contributed by atoms with E-state index in [0.29, 0.717) is 0 Å². The van der Waals surface area contributed by atoms with Gasteiger partial charge in [-0.2, -0.15) is 13.2 Å². The maximum Gasteiger partial charge on any atom is 0.389 e. The van der Waals surface area contributed by atoms with Gasteiger partial charge in [0.05, 0.1) is 0 Å². The summed E-state index contributed by atoms with van der Waals surface area (Å²) in [6.07, 6.45) is -1.74. The number of halogens is 4. The van der Waals surface area contributed by atoms with E-state index in [9.17, 15) is 13.2 Å². The summed E-state index contributed by atoms with van der Waals surface area (Å²) in [5, 5.41) is 2.86. The van der Waals surface area contributed by atoms with Crippen molar-refractivity contribution in [2.45, 2.75) is 25.1 Å². The van der Waals surface area contributed by atoms with E-state index in [-0.39, 0.29) is 12.5 Å². The van der Waals surface area contributed by atoms with Gasteiger partial charge in [-0.15, -0.1) is 0 Å². The van der Waals surface area contributed by atoms with Crippen LogP contribution in [0.2, 0.25) is 0 Å². The van der Waals surface area contributed by atoms with Crippen LogP contribution < -0.4 is 5.32 Å². The van der Waals surface area contributed by atoms with E-state index >= 15 is 0 Å². The molecule has 0 aliphatic rings. The molecule has 1 N–H and O–H groups in total. The zero-order chi connectivity index (χ0) is 12.2. The average Bonchev–Trinajstić information content (AvgIpc) is 2.17. The number of nitrogens with one attached hydrogen (secondary N) is 1. The topological polar surface area (TPSA) is 24.9 Å². The molecule has 16 heavy (non-hydrogen) atoms. The Bertz CT molecular complexity index is 341. The Kier molecular flexibility index (Phi) is 4.73. The Morgan fingerprint density at radius 1 is 1.44 bits per heavy atom. The lowest BCUT2D eigenvalue weighted by atomic mass is 10.0. The minimum atomic E-state index is -4.12. The molecule has 6 heteroatoms. The second-order valence-corrected chi connectivity index (χ2v) is 4.35. The van der Waals surface area contributed by atoms with Crippen molar-refractivity contribution < 1.29 is 13.2 Å². The van der Waals surface area contributed by atoms with Crippen LogP contribution in [-0.2, 0) is 0 Å². The molecule has 1 aromatic rings. The van der Waals surface area contributed by atoms with E-state index in [0.717, 1.165) is 10.0 Å². The molecule has 0 aliphatic heterocycles. The predicted octanol–water partition coefficient (Wildman–Crippen LogP) is 3.45. The van der Waals surface area contributed by atoms with Gasteiger partial charge in [0.2, 0.25) is 0 Å². The molecule has 0 saturated carbocycles. The molecule has 1 rings (SSSR count). The number of hydrogen-bond acceptors (Lipinski definition) is 2. The predicted molar refractivity (Wildman–Crippen MR) is 59.0 cm³/mol. The summed E-state index contributed by atoms with van der Waals surface area (Å²) in [7, 11) is 1.64. The summed E-state index contributed by atoms with van der Waals surface area (Å²) in [4.78, 5) is 3.93. The van der Waals surface area contributed by atoms with Crippen molar-refractivity contribution in [1.82, 2.24) is 10.3 Å².